The normalized spacial score (nSPS) is 15.4. The minimum Gasteiger partial charge on any atom is -0.462 e. The highest BCUT2D eigenvalue weighted by Crippen LogP contribution is 2.32. The fourth-order valence-electron chi connectivity index (χ4n) is 1.59. The smallest absolute Gasteiger partial charge is 0.330 e. The Balaban J connectivity index is 5.20. The van der Waals surface area contributed by atoms with Gasteiger partial charge in [0.25, 0.3) is 0 Å². The van der Waals surface area contributed by atoms with Crippen molar-refractivity contribution < 1.29 is 9.53 Å². The van der Waals surface area contributed by atoms with Crippen LogP contribution in [0.1, 0.15) is 47.5 Å². The fraction of sp³-hybridized carbons (Fsp3) is 0.692. The van der Waals surface area contributed by atoms with Crippen LogP contribution in [0.4, 0.5) is 0 Å². The van der Waals surface area contributed by atoms with E-state index < -0.39 is 11.4 Å². The summed E-state index contributed by atoms with van der Waals surface area (Å²) in [6.07, 6.45) is 2.97. The van der Waals surface area contributed by atoms with Gasteiger partial charge in [0.15, 0.2) is 5.41 Å². The minimum atomic E-state index is -1.11. The van der Waals surface area contributed by atoms with E-state index in [0.717, 1.165) is 12.0 Å². The summed E-state index contributed by atoms with van der Waals surface area (Å²) in [5.74, 6) is -0.435. The van der Waals surface area contributed by atoms with Crippen LogP contribution in [0.5, 0.6) is 0 Å². The molecule has 0 N–H and O–H groups in total. The summed E-state index contributed by atoms with van der Waals surface area (Å²) < 4.78 is 5.16. The van der Waals surface area contributed by atoms with Gasteiger partial charge in [-0.2, -0.15) is 5.26 Å². The molecule has 1 atom stereocenters. The number of rotatable bonds is 5. The largest absolute Gasteiger partial charge is 0.462 e. The Morgan fingerprint density at radius 3 is 2.38 bits per heavy atom. The second kappa shape index (κ2) is 6.32. The summed E-state index contributed by atoms with van der Waals surface area (Å²) in [5, 5.41) is 9.27. The molecule has 16 heavy (non-hydrogen) atoms. The average Bonchev–Trinajstić information content (AvgIpc) is 2.19. The van der Waals surface area contributed by atoms with Gasteiger partial charge in [0.2, 0.25) is 0 Å². The molecule has 3 nitrogen and oxygen atoms in total. The maximum absolute atomic E-state index is 12.0. The fourth-order valence-corrected chi connectivity index (χ4v) is 1.59. The molecule has 0 saturated heterocycles. The lowest BCUT2D eigenvalue weighted by atomic mass is 9.79. The van der Waals surface area contributed by atoms with Gasteiger partial charge in [0.05, 0.1) is 12.2 Å². The molecule has 0 fully saturated rings. The summed E-state index contributed by atoms with van der Waals surface area (Å²) in [6.45, 7) is 9.20. The number of nitriles is 1. The Bertz CT molecular complexity index is 312. The first-order valence-electron chi connectivity index (χ1n) is 5.74. The molecule has 0 radical (unpaired) electrons. The lowest BCUT2D eigenvalue weighted by molar-refractivity contribution is -0.154. The van der Waals surface area contributed by atoms with Gasteiger partial charge in [-0.3, -0.25) is 0 Å². The molecule has 0 bridgehead atoms. The number of ether oxygens (including phenoxy) is 1. The number of hydrogen-bond acceptors (Lipinski definition) is 3. The summed E-state index contributed by atoms with van der Waals surface area (Å²) in [5.41, 5.74) is -0.328. The lowest BCUT2D eigenvalue weighted by Gasteiger charge is -2.25. The predicted octanol–water partition coefficient (Wildman–Crippen LogP) is 3.21. The van der Waals surface area contributed by atoms with Crippen molar-refractivity contribution in [3.8, 4) is 6.07 Å². The van der Waals surface area contributed by atoms with E-state index >= 15 is 0 Å². The third kappa shape index (κ3) is 3.10. The molecule has 0 aliphatic rings. The van der Waals surface area contributed by atoms with Gasteiger partial charge in [-0.05, 0) is 39.2 Å². The zero-order valence-corrected chi connectivity index (χ0v) is 10.8. The highest BCUT2D eigenvalue weighted by Gasteiger charge is 2.40. The lowest BCUT2D eigenvalue weighted by Crippen LogP contribution is -2.33. The van der Waals surface area contributed by atoms with Crippen LogP contribution in [0.3, 0.4) is 0 Å². The van der Waals surface area contributed by atoms with Crippen molar-refractivity contribution in [2.75, 3.05) is 0 Å². The molecule has 0 aromatic carbocycles. The van der Waals surface area contributed by atoms with Crippen molar-refractivity contribution in [1.29, 1.82) is 5.26 Å². The van der Waals surface area contributed by atoms with Crippen LogP contribution >= 0.6 is 0 Å². The molecule has 0 heterocycles. The van der Waals surface area contributed by atoms with Crippen LogP contribution in [0.25, 0.3) is 0 Å². The first kappa shape index (κ1) is 14.7. The molecule has 0 saturated carbocycles. The molecular formula is C13H21NO2. The summed E-state index contributed by atoms with van der Waals surface area (Å²) in [6, 6.07) is 2.11. The van der Waals surface area contributed by atoms with Crippen LogP contribution in [0.15, 0.2) is 11.6 Å². The molecule has 0 unspecified atom stereocenters. The Morgan fingerprint density at radius 1 is 1.50 bits per heavy atom. The van der Waals surface area contributed by atoms with Crippen molar-refractivity contribution in [3.05, 3.63) is 11.6 Å². The van der Waals surface area contributed by atoms with Crippen LogP contribution < -0.4 is 0 Å². The van der Waals surface area contributed by atoms with Crippen molar-refractivity contribution in [2.45, 2.75) is 53.6 Å². The molecule has 90 valence electrons. The highest BCUT2D eigenvalue weighted by atomic mass is 16.5. The average molecular weight is 223 g/mol. The number of allylic oxidation sites excluding steroid dienone is 1. The van der Waals surface area contributed by atoms with E-state index in [1.165, 1.54) is 0 Å². The van der Waals surface area contributed by atoms with Gasteiger partial charge in [0.1, 0.15) is 0 Å². The van der Waals surface area contributed by atoms with Gasteiger partial charge in [-0.25, -0.2) is 4.79 Å². The quantitative estimate of drug-likeness (QED) is 0.531. The van der Waals surface area contributed by atoms with Crippen LogP contribution in [0.2, 0.25) is 0 Å². The second-order valence-electron chi connectivity index (χ2n) is 4.12. The number of esters is 1. The molecule has 0 amide bonds. The number of nitrogens with zero attached hydrogens (tertiary/aromatic N) is 1. The third-order valence-corrected chi connectivity index (χ3v) is 2.60. The molecule has 0 rings (SSSR count). The van der Waals surface area contributed by atoms with Crippen molar-refractivity contribution >= 4 is 5.97 Å². The van der Waals surface area contributed by atoms with E-state index in [0.29, 0.717) is 6.42 Å². The molecule has 0 aliphatic heterocycles. The van der Waals surface area contributed by atoms with Crippen LogP contribution in [-0.4, -0.2) is 12.1 Å². The van der Waals surface area contributed by atoms with E-state index in [4.69, 9.17) is 4.74 Å². The highest BCUT2D eigenvalue weighted by molar-refractivity contribution is 5.83. The van der Waals surface area contributed by atoms with Gasteiger partial charge < -0.3 is 4.74 Å². The van der Waals surface area contributed by atoms with E-state index in [1.54, 1.807) is 13.8 Å². The van der Waals surface area contributed by atoms with Crippen LogP contribution in [0, 0.1) is 16.7 Å². The van der Waals surface area contributed by atoms with E-state index in [2.05, 4.69) is 6.07 Å². The Kier molecular flexibility index (Phi) is 5.81. The Labute approximate surface area is 98.1 Å². The van der Waals surface area contributed by atoms with Gasteiger partial charge in [-0.1, -0.05) is 19.9 Å². The summed E-state index contributed by atoms with van der Waals surface area (Å²) >= 11 is 0. The number of hydrogen-bond donors (Lipinski definition) is 0. The molecular weight excluding hydrogens is 202 g/mol. The monoisotopic (exact) mass is 223 g/mol. The SMILES string of the molecule is CC/C=C(\C)[C@@](C#N)(CC)C(=O)OC(C)C. The summed E-state index contributed by atoms with van der Waals surface area (Å²) in [4.78, 5) is 12.0. The van der Waals surface area contributed by atoms with Gasteiger partial charge in [-0.15, -0.1) is 0 Å². The van der Waals surface area contributed by atoms with E-state index in [1.807, 2.05) is 26.8 Å². The first-order chi connectivity index (χ1) is 7.44. The van der Waals surface area contributed by atoms with Crippen molar-refractivity contribution in [1.82, 2.24) is 0 Å². The zero-order chi connectivity index (χ0) is 12.8. The van der Waals surface area contributed by atoms with E-state index in [-0.39, 0.29) is 6.10 Å². The predicted molar refractivity (Wildman–Crippen MR) is 63.6 cm³/mol. The molecule has 0 aromatic heterocycles. The van der Waals surface area contributed by atoms with E-state index in [9.17, 15) is 10.1 Å². The Morgan fingerprint density at radius 2 is 2.06 bits per heavy atom. The third-order valence-electron chi connectivity index (χ3n) is 2.60. The molecule has 0 aromatic rings. The molecule has 0 spiro atoms. The summed E-state index contributed by atoms with van der Waals surface area (Å²) in [7, 11) is 0. The number of carbonyl (C=O) groups excluding carboxylic acids is 1. The van der Waals surface area contributed by atoms with Crippen molar-refractivity contribution in [2.24, 2.45) is 5.41 Å². The number of carbonyl (C=O) groups is 1. The van der Waals surface area contributed by atoms with Crippen LogP contribution in [-0.2, 0) is 9.53 Å². The standard InChI is InChI=1S/C13H21NO2/c1-6-8-11(5)13(7-2,9-14)12(15)16-10(3)4/h8,10H,6-7H2,1-5H3/b11-8+/t13-/m0/s1. The maximum Gasteiger partial charge on any atom is 0.330 e. The first-order valence-corrected chi connectivity index (χ1v) is 5.74. The van der Waals surface area contributed by atoms with Gasteiger partial charge >= 0.3 is 5.97 Å². The molecule has 0 aliphatic carbocycles. The molecule has 3 heteroatoms. The van der Waals surface area contributed by atoms with Gasteiger partial charge in [0, 0.05) is 0 Å². The maximum atomic E-state index is 12.0. The Hall–Kier alpha value is -1.30. The topological polar surface area (TPSA) is 50.1 Å². The second-order valence-corrected chi connectivity index (χ2v) is 4.12. The van der Waals surface area contributed by atoms with Crippen molar-refractivity contribution in [3.63, 3.8) is 0 Å². The zero-order valence-electron chi connectivity index (χ0n) is 10.8. The minimum absolute atomic E-state index is 0.193.